The van der Waals surface area contributed by atoms with Crippen molar-refractivity contribution < 1.29 is 13.2 Å². The third-order valence-electron chi connectivity index (χ3n) is 5.13. The molecule has 0 atom stereocenters. The molecule has 3 aromatic carbocycles. The second-order valence-corrected chi connectivity index (χ2v) is 8.92. The monoisotopic (exact) mass is 406 g/mol. The van der Waals surface area contributed by atoms with Crippen LogP contribution in [0.5, 0.6) is 0 Å². The van der Waals surface area contributed by atoms with Crippen molar-refractivity contribution in [3.63, 3.8) is 0 Å². The molecule has 1 heterocycles. The second kappa shape index (κ2) is 7.72. The number of fused-ring (bicyclic) bond motifs is 1. The third kappa shape index (κ3) is 4.17. The number of aryl methyl sites for hydroxylation is 1. The van der Waals surface area contributed by atoms with Gasteiger partial charge in [-0.3, -0.25) is 9.52 Å². The maximum absolute atomic E-state index is 12.8. The van der Waals surface area contributed by atoms with Crippen LogP contribution in [0, 0.1) is 6.92 Å². The van der Waals surface area contributed by atoms with Gasteiger partial charge in [-0.25, -0.2) is 8.42 Å². The van der Waals surface area contributed by atoms with Gasteiger partial charge in [0.15, 0.2) is 0 Å². The first-order valence-corrected chi connectivity index (χ1v) is 11.0. The van der Waals surface area contributed by atoms with Crippen molar-refractivity contribution in [2.75, 3.05) is 11.3 Å². The molecular formula is C23H22N2O3S. The van der Waals surface area contributed by atoms with Crippen LogP contribution >= 0.6 is 0 Å². The molecule has 1 N–H and O–H groups in total. The highest BCUT2D eigenvalue weighted by molar-refractivity contribution is 7.92. The number of carbonyl (C=O) groups is 1. The molecule has 5 nitrogen and oxygen atoms in total. The zero-order chi connectivity index (χ0) is 20.4. The number of anilines is 1. The predicted molar refractivity (Wildman–Crippen MR) is 113 cm³/mol. The molecule has 0 spiro atoms. The normalized spacial score (nSPS) is 13.6. The molecule has 1 aliphatic rings. The van der Waals surface area contributed by atoms with Crippen molar-refractivity contribution in [1.29, 1.82) is 0 Å². The summed E-state index contributed by atoms with van der Waals surface area (Å²) in [5, 5.41) is 0. The molecule has 0 fully saturated rings. The van der Waals surface area contributed by atoms with E-state index in [2.05, 4.69) is 16.9 Å². The van der Waals surface area contributed by atoms with Crippen molar-refractivity contribution in [1.82, 2.24) is 4.90 Å². The van der Waals surface area contributed by atoms with Crippen LogP contribution in [0.3, 0.4) is 0 Å². The summed E-state index contributed by atoms with van der Waals surface area (Å²) in [5.74, 6) is -0.0487. The lowest BCUT2D eigenvalue weighted by Gasteiger charge is -2.29. The maximum Gasteiger partial charge on any atom is 0.261 e. The number of benzene rings is 3. The van der Waals surface area contributed by atoms with Gasteiger partial charge < -0.3 is 4.90 Å². The summed E-state index contributed by atoms with van der Waals surface area (Å²) in [7, 11) is -3.66. The highest BCUT2D eigenvalue weighted by Gasteiger charge is 2.21. The average Bonchev–Trinajstić information content (AvgIpc) is 2.73. The quantitative estimate of drug-likeness (QED) is 0.712. The molecule has 0 saturated heterocycles. The van der Waals surface area contributed by atoms with Gasteiger partial charge >= 0.3 is 0 Å². The number of rotatable bonds is 4. The number of hydrogen-bond donors (Lipinski definition) is 1. The van der Waals surface area contributed by atoms with Crippen molar-refractivity contribution >= 4 is 21.6 Å². The van der Waals surface area contributed by atoms with E-state index in [-0.39, 0.29) is 10.8 Å². The lowest BCUT2D eigenvalue weighted by Crippen LogP contribution is -2.35. The van der Waals surface area contributed by atoms with Gasteiger partial charge in [0, 0.05) is 24.3 Å². The fourth-order valence-electron chi connectivity index (χ4n) is 3.46. The zero-order valence-electron chi connectivity index (χ0n) is 16.1. The molecule has 148 valence electrons. The van der Waals surface area contributed by atoms with E-state index in [9.17, 15) is 13.2 Å². The Hall–Kier alpha value is -3.12. The van der Waals surface area contributed by atoms with E-state index >= 15 is 0 Å². The van der Waals surface area contributed by atoms with Gasteiger partial charge in [-0.15, -0.1) is 0 Å². The van der Waals surface area contributed by atoms with Crippen LogP contribution in [0.25, 0.3) is 0 Å². The Morgan fingerprint density at radius 1 is 0.897 bits per heavy atom. The summed E-state index contributed by atoms with van der Waals surface area (Å²) in [6.45, 7) is 3.18. The van der Waals surface area contributed by atoms with Crippen LogP contribution in [0.1, 0.15) is 27.0 Å². The van der Waals surface area contributed by atoms with Crippen LogP contribution in [0.2, 0.25) is 0 Å². The third-order valence-corrected chi connectivity index (χ3v) is 6.53. The van der Waals surface area contributed by atoms with Crippen molar-refractivity contribution in [2.45, 2.75) is 24.8 Å². The second-order valence-electron chi connectivity index (χ2n) is 7.24. The first-order valence-electron chi connectivity index (χ1n) is 9.48. The Labute approximate surface area is 171 Å². The molecule has 1 amide bonds. The van der Waals surface area contributed by atoms with Gasteiger partial charge in [0.25, 0.3) is 15.9 Å². The summed E-state index contributed by atoms with van der Waals surface area (Å²) >= 11 is 0. The van der Waals surface area contributed by atoms with Crippen LogP contribution in [0.4, 0.5) is 5.69 Å². The first kappa shape index (κ1) is 19.2. The first-order chi connectivity index (χ1) is 13.9. The van der Waals surface area contributed by atoms with E-state index in [4.69, 9.17) is 0 Å². The van der Waals surface area contributed by atoms with Crippen molar-refractivity contribution in [3.8, 4) is 0 Å². The van der Waals surface area contributed by atoms with E-state index in [1.807, 2.05) is 24.0 Å². The van der Waals surface area contributed by atoms with Crippen LogP contribution in [-0.2, 0) is 23.0 Å². The summed E-state index contributed by atoms with van der Waals surface area (Å²) < 4.78 is 27.6. The van der Waals surface area contributed by atoms with Crippen LogP contribution in [0.15, 0.2) is 77.7 Å². The van der Waals surface area contributed by atoms with Gasteiger partial charge in [0.2, 0.25) is 0 Å². The van der Waals surface area contributed by atoms with Gasteiger partial charge in [-0.2, -0.15) is 0 Å². The SMILES string of the molecule is Cc1ccc(S(=O)(=O)Nc2ccc(C(=O)N3CCc4ccccc4C3)cc2)cc1. The van der Waals surface area contributed by atoms with Gasteiger partial charge in [-0.05, 0) is 60.9 Å². The Bertz CT molecular complexity index is 1140. The Morgan fingerprint density at radius 2 is 1.55 bits per heavy atom. The highest BCUT2D eigenvalue weighted by Crippen LogP contribution is 2.22. The summed E-state index contributed by atoms with van der Waals surface area (Å²) in [4.78, 5) is 14.9. The number of nitrogens with zero attached hydrogens (tertiary/aromatic N) is 1. The molecule has 0 aliphatic carbocycles. The summed E-state index contributed by atoms with van der Waals surface area (Å²) in [6, 6.07) is 21.4. The minimum absolute atomic E-state index is 0.0487. The zero-order valence-corrected chi connectivity index (χ0v) is 16.9. The smallest absolute Gasteiger partial charge is 0.261 e. The predicted octanol–water partition coefficient (Wildman–Crippen LogP) is 3.99. The van der Waals surface area contributed by atoms with E-state index in [0.717, 1.165) is 12.0 Å². The fourth-order valence-corrected chi connectivity index (χ4v) is 4.52. The van der Waals surface area contributed by atoms with E-state index in [0.29, 0.717) is 24.3 Å². The van der Waals surface area contributed by atoms with Gasteiger partial charge in [0.05, 0.1) is 4.90 Å². The highest BCUT2D eigenvalue weighted by atomic mass is 32.2. The minimum atomic E-state index is -3.66. The minimum Gasteiger partial charge on any atom is -0.334 e. The lowest BCUT2D eigenvalue weighted by atomic mass is 9.99. The standard InChI is InChI=1S/C23H22N2O3S/c1-17-6-12-22(13-7-17)29(27,28)24-21-10-8-19(9-11-21)23(26)25-15-14-18-4-2-3-5-20(18)16-25/h2-13,24H,14-16H2,1H3. The van der Waals surface area contributed by atoms with E-state index in [1.165, 1.54) is 11.1 Å². The number of amides is 1. The number of nitrogens with one attached hydrogen (secondary N) is 1. The van der Waals surface area contributed by atoms with Crippen LogP contribution in [-0.4, -0.2) is 25.8 Å². The van der Waals surface area contributed by atoms with Crippen molar-refractivity contribution in [3.05, 3.63) is 95.1 Å². The van der Waals surface area contributed by atoms with Crippen LogP contribution < -0.4 is 4.72 Å². The molecule has 29 heavy (non-hydrogen) atoms. The number of carbonyl (C=O) groups excluding carboxylic acids is 1. The maximum atomic E-state index is 12.8. The molecule has 4 rings (SSSR count). The molecule has 0 saturated carbocycles. The van der Waals surface area contributed by atoms with E-state index < -0.39 is 10.0 Å². The topological polar surface area (TPSA) is 66.5 Å². The number of hydrogen-bond acceptors (Lipinski definition) is 3. The van der Waals surface area contributed by atoms with Crippen molar-refractivity contribution in [2.24, 2.45) is 0 Å². The van der Waals surface area contributed by atoms with Gasteiger partial charge in [-0.1, -0.05) is 42.0 Å². The van der Waals surface area contributed by atoms with E-state index in [1.54, 1.807) is 48.5 Å². The summed E-state index contributed by atoms with van der Waals surface area (Å²) in [6.07, 6.45) is 0.844. The number of sulfonamides is 1. The Kier molecular flexibility index (Phi) is 5.11. The Balaban J connectivity index is 1.46. The Morgan fingerprint density at radius 3 is 2.24 bits per heavy atom. The molecule has 6 heteroatoms. The molecule has 0 unspecified atom stereocenters. The van der Waals surface area contributed by atoms with Gasteiger partial charge in [0.1, 0.15) is 0 Å². The molecule has 1 aliphatic heterocycles. The molecular weight excluding hydrogens is 384 g/mol. The molecule has 0 bridgehead atoms. The molecule has 0 radical (unpaired) electrons. The molecule has 3 aromatic rings. The fraction of sp³-hybridized carbons (Fsp3) is 0.174. The largest absolute Gasteiger partial charge is 0.334 e. The summed E-state index contributed by atoms with van der Waals surface area (Å²) in [5.41, 5.74) is 4.42. The lowest BCUT2D eigenvalue weighted by molar-refractivity contribution is 0.0734. The average molecular weight is 407 g/mol. The molecule has 0 aromatic heterocycles.